The Labute approximate surface area is 105 Å². The Kier molecular flexibility index (Phi) is 2.92. The van der Waals surface area contributed by atoms with Gasteiger partial charge in [0.25, 0.3) is 0 Å². The quantitative estimate of drug-likeness (QED) is 0.796. The first-order valence-electron chi connectivity index (χ1n) is 7.50. The molecule has 4 fully saturated rings. The Bertz CT molecular complexity index is 275. The molecule has 0 radical (unpaired) electrons. The molecule has 1 amide bonds. The lowest BCUT2D eigenvalue weighted by Crippen LogP contribution is -2.59. The molecule has 2 nitrogen and oxygen atoms in total. The monoisotopic (exact) mass is 235 g/mol. The smallest absolute Gasteiger partial charge is 0.220 e. The van der Waals surface area contributed by atoms with Gasteiger partial charge in [-0.1, -0.05) is 13.3 Å². The molecule has 4 saturated carbocycles. The van der Waals surface area contributed by atoms with E-state index in [4.69, 9.17) is 0 Å². The van der Waals surface area contributed by atoms with Crippen molar-refractivity contribution in [2.45, 2.75) is 70.3 Å². The molecule has 0 atom stereocenters. The molecule has 0 aromatic rings. The highest BCUT2D eigenvalue weighted by atomic mass is 16.1. The minimum atomic E-state index is 0.222. The van der Waals surface area contributed by atoms with E-state index in [0.717, 1.165) is 37.0 Å². The van der Waals surface area contributed by atoms with Crippen LogP contribution in [0.2, 0.25) is 0 Å². The largest absolute Gasteiger partial charge is 0.351 e. The zero-order valence-corrected chi connectivity index (χ0v) is 11.0. The summed E-state index contributed by atoms with van der Waals surface area (Å²) in [5.41, 5.74) is 0.222. The molecule has 4 rings (SSSR count). The maximum atomic E-state index is 12.0. The van der Waals surface area contributed by atoms with Crippen molar-refractivity contribution >= 4 is 5.91 Å². The van der Waals surface area contributed by atoms with Gasteiger partial charge in [-0.05, 0) is 62.7 Å². The number of hydrogen-bond acceptors (Lipinski definition) is 1. The lowest BCUT2D eigenvalue weighted by molar-refractivity contribution is -0.126. The molecular weight excluding hydrogens is 210 g/mol. The highest BCUT2D eigenvalue weighted by molar-refractivity contribution is 5.76. The van der Waals surface area contributed by atoms with E-state index < -0.39 is 0 Å². The van der Waals surface area contributed by atoms with Crippen molar-refractivity contribution in [3.63, 3.8) is 0 Å². The first kappa shape index (κ1) is 11.6. The zero-order chi connectivity index (χ0) is 11.9. The number of amides is 1. The van der Waals surface area contributed by atoms with E-state index in [1.54, 1.807) is 0 Å². The second-order valence-electron chi connectivity index (χ2n) is 6.85. The van der Waals surface area contributed by atoms with Crippen LogP contribution in [0.3, 0.4) is 0 Å². The van der Waals surface area contributed by atoms with E-state index in [1.807, 2.05) is 0 Å². The molecular formula is C15H25NO. The highest BCUT2D eigenvalue weighted by Crippen LogP contribution is 2.55. The highest BCUT2D eigenvalue weighted by Gasteiger charge is 2.51. The van der Waals surface area contributed by atoms with E-state index in [2.05, 4.69) is 12.2 Å². The molecule has 4 bridgehead atoms. The predicted molar refractivity (Wildman–Crippen MR) is 68.6 cm³/mol. The number of nitrogens with one attached hydrogen (secondary N) is 1. The molecule has 0 aromatic heterocycles. The lowest BCUT2D eigenvalue weighted by Gasteiger charge is -2.56. The van der Waals surface area contributed by atoms with Gasteiger partial charge in [-0.15, -0.1) is 0 Å². The minimum Gasteiger partial charge on any atom is -0.351 e. The summed E-state index contributed by atoms with van der Waals surface area (Å²) in [5.74, 6) is 3.09. The van der Waals surface area contributed by atoms with E-state index in [-0.39, 0.29) is 5.54 Å². The fourth-order valence-corrected chi connectivity index (χ4v) is 4.96. The zero-order valence-electron chi connectivity index (χ0n) is 11.0. The molecule has 4 aliphatic carbocycles. The normalized spacial score (nSPS) is 42.8. The summed E-state index contributed by atoms with van der Waals surface area (Å²) in [6.45, 7) is 2.15. The van der Waals surface area contributed by atoms with Gasteiger partial charge >= 0.3 is 0 Å². The molecule has 4 aliphatic rings. The summed E-state index contributed by atoms with van der Waals surface area (Å²) in [7, 11) is 0. The van der Waals surface area contributed by atoms with Gasteiger partial charge in [-0.3, -0.25) is 4.79 Å². The van der Waals surface area contributed by atoms with Crippen LogP contribution in [-0.2, 0) is 4.79 Å². The fourth-order valence-electron chi connectivity index (χ4n) is 4.96. The molecule has 0 spiro atoms. The molecule has 17 heavy (non-hydrogen) atoms. The number of rotatable bonds is 4. The topological polar surface area (TPSA) is 29.1 Å². The van der Waals surface area contributed by atoms with Gasteiger partial charge in [-0.25, -0.2) is 0 Å². The van der Waals surface area contributed by atoms with Gasteiger partial charge < -0.3 is 5.32 Å². The number of carbonyl (C=O) groups is 1. The molecule has 1 N–H and O–H groups in total. The van der Waals surface area contributed by atoms with Crippen molar-refractivity contribution in [2.75, 3.05) is 0 Å². The number of carbonyl (C=O) groups excluding carboxylic acids is 1. The molecule has 96 valence electrons. The van der Waals surface area contributed by atoms with Crippen molar-refractivity contribution in [3.05, 3.63) is 0 Å². The minimum absolute atomic E-state index is 0.222. The van der Waals surface area contributed by atoms with Crippen LogP contribution in [0.25, 0.3) is 0 Å². The van der Waals surface area contributed by atoms with Crippen molar-refractivity contribution in [1.82, 2.24) is 5.32 Å². The van der Waals surface area contributed by atoms with Crippen LogP contribution in [0.1, 0.15) is 64.7 Å². The van der Waals surface area contributed by atoms with E-state index in [9.17, 15) is 4.79 Å². The molecule has 0 heterocycles. The van der Waals surface area contributed by atoms with Crippen LogP contribution >= 0.6 is 0 Å². The van der Waals surface area contributed by atoms with Gasteiger partial charge in [0.2, 0.25) is 5.91 Å². The molecule has 0 aromatic carbocycles. The van der Waals surface area contributed by atoms with Gasteiger partial charge in [0, 0.05) is 12.0 Å². The lowest BCUT2D eigenvalue weighted by atomic mass is 9.53. The van der Waals surface area contributed by atoms with E-state index in [0.29, 0.717) is 5.91 Å². The number of unbranched alkanes of at least 4 members (excludes halogenated alkanes) is 1. The summed E-state index contributed by atoms with van der Waals surface area (Å²) in [6.07, 6.45) is 11.1. The summed E-state index contributed by atoms with van der Waals surface area (Å²) in [6, 6.07) is 0. The average Bonchev–Trinajstić information content (AvgIpc) is 2.23. The Morgan fingerprint density at radius 1 is 1.12 bits per heavy atom. The van der Waals surface area contributed by atoms with Crippen LogP contribution in [0.4, 0.5) is 0 Å². The van der Waals surface area contributed by atoms with E-state index >= 15 is 0 Å². The van der Waals surface area contributed by atoms with Crippen LogP contribution in [0, 0.1) is 17.8 Å². The molecule has 0 unspecified atom stereocenters. The standard InChI is InChI=1S/C15H25NO/c1-2-3-4-14(17)16-15-8-11-5-12(9-15)7-13(6-11)10-15/h11-13H,2-10H2,1H3,(H,16,17). The molecule has 0 aliphatic heterocycles. The Morgan fingerprint density at radius 2 is 1.65 bits per heavy atom. The third kappa shape index (κ3) is 2.23. The summed E-state index contributed by atoms with van der Waals surface area (Å²) < 4.78 is 0. The van der Waals surface area contributed by atoms with Gasteiger partial charge in [0.1, 0.15) is 0 Å². The van der Waals surface area contributed by atoms with Crippen LogP contribution < -0.4 is 5.32 Å². The molecule has 0 saturated heterocycles. The van der Waals surface area contributed by atoms with Gasteiger partial charge in [-0.2, -0.15) is 0 Å². The Hall–Kier alpha value is -0.530. The van der Waals surface area contributed by atoms with Gasteiger partial charge in [0.15, 0.2) is 0 Å². The summed E-state index contributed by atoms with van der Waals surface area (Å²) in [4.78, 5) is 12.0. The summed E-state index contributed by atoms with van der Waals surface area (Å²) >= 11 is 0. The van der Waals surface area contributed by atoms with Crippen LogP contribution in [0.5, 0.6) is 0 Å². The third-order valence-corrected chi connectivity index (χ3v) is 5.20. The first-order valence-corrected chi connectivity index (χ1v) is 7.50. The Balaban J connectivity index is 1.64. The maximum Gasteiger partial charge on any atom is 0.220 e. The molecule has 2 heteroatoms. The first-order chi connectivity index (χ1) is 8.19. The average molecular weight is 235 g/mol. The maximum absolute atomic E-state index is 12.0. The summed E-state index contributed by atoms with van der Waals surface area (Å²) in [5, 5.41) is 3.42. The Morgan fingerprint density at radius 3 is 2.12 bits per heavy atom. The second kappa shape index (κ2) is 4.29. The third-order valence-electron chi connectivity index (χ3n) is 5.20. The van der Waals surface area contributed by atoms with Crippen molar-refractivity contribution in [1.29, 1.82) is 0 Å². The van der Waals surface area contributed by atoms with Gasteiger partial charge in [0.05, 0.1) is 0 Å². The van der Waals surface area contributed by atoms with Crippen molar-refractivity contribution < 1.29 is 4.79 Å². The van der Waals surface area contributed by atoms with Crippen molar-refractivity contribution in [3.8, 4) is 0 Å². The van der Waals surface area contributed by atoms with Crippen molar-refractivity contribution in [2.24, 2.45) is 17.8 Å². The second-order valence-corrected chi connectivity index (χ2v) is 6.85. The predicted octanol–water partition coefficient (Wildman–Crippen LogP) is 3.26. The fraction of sp³-hybridized carbons (Fsp3) is 0.933. The van der Waals surface area contributed by atoms with Crippen LogP contribution in [-0.4, -0.2) is 11.4 Å². The van der Waals surface area contributed by atoms with Crippen LogP contribution in [0.15, 0.2) is 0 Å². The SMILES string of the molecule is CCCCC(=O)NC12CC3CC(CC(C3)C1)C2. The number of hydrogen-bond donors (Lipinski definition) is 1. The van der Waals surface area contributed by atoms with E-state index in [1.165, 1.54) is 38.5 Å².